The summed E-state index contributed by atoms with van der Waals surface area (Å²) in [5.74, 6) is 1.42. The summed E-state index contributed by atoms with van der Waals surface area (Å²) in [6.45, 7) is 13.0. The molecule has 1 saturated heterocycles. The first-order valence-electron chi connectivity index (χ1n) is 9.24. The van der Waals surface area contributed by atoms with Gasteiger partial charge in [0.25, 0.3) is 0 Å². The lowest BCUT2D eigenvalue weighted by Crippen LogP contribution is -2.44. The lowest BCUT2D eigenvalue weighted by Gasteiger charge is -2.35. The number of benzene rings is 1. The average molecular weight is 494 g/mol. The zero-order valence-corrected chi connectivity index (χ0v) is 19.5. The van der Waals surface area contributed by atoms with E-state index >= 15 is 0 Å². The van der Waals surface area contributed by atoms with Crippen LogP contribution in [0.1, 0.15) is 26.3 Å². The number of guanidine groups is 1. The first-order chi connectivity index (χ1) is 12.0. The van der Waals surface area contributed by atoms with Gasteiger partial charge in [0.1, 0.15) is 0 Å². The quantitative estimate of drug-likeness (QED) is 0.362. The molecule has 1 fully saturated rings. The van der Waals surface area contributed by atoms with E-state index in [9.17, 15) is 0 Å². The van der Waals surface area contributed by atoms with Gasteiger partial charge in [-0.15, -0.1) is 24.0 Å². The molecule has 7 heteroatoms. The molecule has 148 valence electrons. The van der Waals surface area contributed by atoms with Gasteiger partial charge >= 0.3 is 0 Å². The minimum Gasteiger partial charge on any atom is -0.369 e. The van der Waals surface area contributed by atoms with Crippen LogP contribution in [0.3, 0.4) is 0 Å². The predicted octanol–water partition coefficient (Wildman–Crippen LogP) is 3.42. The predicted molar refractivity (Wildman–Crippen MR) is 124 cm³/mol. The Kier molecular flexibility index (Phi) is 10.6. The van der Waals surface area contributed by atoms with Crippen LogP contribution in [0.2, 0.25) is 5.02 Å². The number of aliphatic imine (C=N–C) groups is 1. The average Bonchev–Trinajstić information content (AvgIpc) is 2.59. The van der Waals surface area contributed by atoms with Crippen molar-refractivity contribution < 1.29 is 0 Å². The van der Waals surface area contributed by atoms with Crippen LogP contribution >= 0.6 is 35.6 Å². The van der Waals surface area contributed by atoms with E-state index in [0.29, 0.717) is 12.5 Å². The first-order valence-corrected chi connectivity index (χ1v) is 9.62. The fourth-order valence-electron chi connectivity index (χ4n) is 2.85. The van der Waals surface area contributed by atoms with Gasteiger partial charge in [0.05, 0.1) is 6.54 Å². The van der Waals surface area contributed by atoms with Crippen LogP contribution in [0.4, 0.5) is 5.69 Å². The summed E-state index contributed by atoms with van der Waals surface area (Å²) in [6.07, 6.45) is 0. The monoisotopic (exact) mass is 493 g/mol. The summed E-state index contributed by atoms with van der Waals surface area (Å²) in [5, 5.41) is 7.49. The van der Waals surface area contributed by atoms with Crippen molar-refractivity contribution in [1.29, 1.82) is 0 Å². The number of nitrogens with one attached hydrogen (secondary N) is 2. The summed E-state index contributed by atoms with van der Waals surface area (Å²) in [7, 11) is 2.17. The van der Waals surface area contributed by atoms with Crippen molar-refractivity contribution >= 4 is 47.2 Å². The van der Waals surface area contributed by atoms with Gasteiger partial charge in [-0.25, -0.2) is 4.99 Å². The highest BCUT2D eigenvalue weighted by Crippen LogP contribution is 2.29. The molecule has 0 amide bonds. The Hall–Kier alpha value is -0.730. The highest BCUT2D eigenvalue weighted by Gasteiger charge is 2.18. The van der Waals surface area contributed by atoms with Gasteiger partial charge in [-0.3, -0.25) is 0 Å². The maximum Gasteiger partial charge on any atom is 0.191 e. The lowest BCUT2D eigenvalue weighted by molar-refractivity contribution is 0.312. The number of nitrogens with zero attached hydrogens (tertiary/aromatic N) is 3. The van der Waals surface area contributed by atoms with Crippen molar-refractivity contribution in [3.05, 3.63) is 28.8 Å². The van der Waals surface area contributed by atoms with Gasteiger partial charge in [-0.2, -0.15) is 0 Å². The van der Waals surface area contributed by atoms with Crippen molar-refractivity contribution in [2.24, 2.45) is 10.9 Å². The molecule has 0 saturated carbocycles. The number of hydrogen-bond donors (Lipinski definition) is 2. The van der Waals surface area contributed by atoms with Crippen LogP contribution in [0, 0.1) is 5.92 Å². The maximum atomic E-state index is 6.52. The second-order valence-electron chi connectivity index (χ2n) is 7.00. The molecule has 0 atom stereocenters. The van der Waals surface area contributed by atoms with Crippen LogP contribution < -0.4 is 15.5 Å². The molecule has 5 nitrogen and oxygen atoms in total. The van der Waals surface area contributed by atoms with Crippen molar-refractivity contribution in [1.82, 2.24) is 15.5 Å². The lowest BCUT2D eigenvalue weighted by atomic mass is 10.1. The molecule has 0 aliphatic carbocycles. The molecule has 2 rings (SSSR count). The minimum atomic E-state index is 0. The smallest absolute Gasteiger partial charge is 0.191 e. The fraction of sp³-hybridized carbons (Fsp3) is 0.632. The molecule has 1 aliphatic rings. The zero-order valence-electron chi connectivity index (χ0n) is 16.4. The van der Waals surface area contributed by atoms with Gasteiger partial charge in [-0.1, -0.05) is 31.5 Å². The Balaban J connectivity index is 0.00000338. The Bertz CT molecular complexity index is 571. The number of piperazine rings is 1. The van der Waals surface area contributed by atoms with E-state index in [-0.39, 0.29) is 24.0 Å². The molecule has 1 aromatic carbocycles. The third-order valence-electron chi connectivity index (χ3n) is 4.36. The summed E-state index contributed by atoms with van der Waals surface area (Å²) < 4.78 is 0. The Labute approximate surface area is 180 Å². The molecule has 1 aromatic rings. The topological polar surface area (TPSA) is 42.9 Å². The van der Waals surface area contributed by atoms with E-state index < -0.39 is 0 Å². The second kappa shape index (κ2) is 11.9. The van der Waals surface area contributed by atoms with Crippen LogP contribution in [0.15, 0.2) is 23.2 Å². The Morgan fingerprint density at radius 3 is 2.50 bits per heavy atom. The van der Waals surface area contributed by atoms with E-state index in [1.165, 1.54) is 5.69 Å². The molecule has 1 heterocycles. The summed E-state index contributed by atoms with van der Waals surface area (Å²) in [4.78, 5) is 9.54. The molecule has 0 aromatic heterocycles. The Morgan fingerprint density at radius 1 is 1.19 bits per heavy atom. The summed E-state index contributed by atoms with van der Waals surface area (Å²) in [5.41, 5.74) is 2.32. The third kappa shape index (κ3) is 7.12. The van der Waals surface area contributed by atoms with E-state index in [1.807, 2.05) is 12.1 Å². The zero-order chi connectivity index (χ0) is 18.2. The summed E-state index contributed by atoms with van der Waals surface area (Å²) in [6, 6.07) is 6.16. The van der Waals surface area contributed by atoms with Gasteiger partial charge in [0, 0.05) is 55.5 Å². The van der Waals surface area contributed by atoms with Gasteiger partial charge in [-0.05, 0) is 32.0 Å². The summed E-state index contributed by atoms with van der Waals surface area (Å²) >= 11 is 6.52. The van der Waals surface area contributed by atoms with Crippen molar-refractivity contribution in [2.75, 3.05) is 51.2 Å². The molecule has 26 heavy (non-hydrogen) atoms. The maximum absolute atomic E-state index is 6.52. The number of anilines is 1. The third-order valence-corrected chi connectivity index (χ3v) is 4.71. The fourth-order valence-corrected chi connectivity index (χ4v) is 3.08. The molecule has 0 bridgehead atoms. The molecule has 0 unspecified atom stereocenters. The molecule has 0 spiro atoms. The number of halogens is 2. The van der Waals surface area contributed by atoms with E-state index in [0.717, 1.165) is 55.8 Å². The van der Waals surface area contributed by atoms with Crippen molar-refractivity contribution in [3.63, 3.8) is 0 Å². The minimum absolute atomic E-state index is 0. The molecule has 1 aliphatic heterocycles. The molecule has 2 N–H and O–H groups in total. The van der Waals surface area contributed by atoms with Crippen LogP contribution in [0.5, 0.6) is 0 Å². The molecular weight excluding hydrogens is 461 g/mol. The number of likely N-dealkylation sites (N-methyl/N-ethyl adjacent to an activating group) is 1. The highest BCUT2D eigenvalue weighted by molar-refractivity contribution is 14.0. The number of hydrogen-bond acceptors (Lipinski definition) is 3. The van der Waals surface area contributed by atoms with Crippen LogP contribution in [0.25, 0.3) is 0 Å². The largest absolute Gasteiger partial charge is 0.369 e. The van der Waals surface area contributed by atoms with Crippen molar-refractivity contribution in [2.45, 2.75) is 27.3 Å². The van der Waals surface area contributed by atoms with Gasteiger partial charge in [0.15, 0.2) is 5.96 Å². The van der Waals surface area contributed by atoms with Crippen LogP contribution in [-0.2, 0) is 6.54 Å². The normalized spacial score (nSPS) is 15.8. The van der Waals surface area contributed by atoms with Gasteiger partial charge in [0.2, 0.25) is 0 Å². The second-order valence-corrected chi connectivity index (χ2v) is 7.40. The van der Waals surface area contributed by atoms with Crippen LogP contribution in [-0.4, -0.2) is 57.2 Å². The highest BCUT2D eigenvalue weighted by atomic mass is 127. The standard InChI is InChI=1S/C19H32ClN5.HI/c1-5-21-19(22-13-15(2)3)23-14-16-17(20)7-6-8-18(16)25-11-9-24(4)10-12-25;/h6-8,15H,5,9-14H2,1-4H3,(H2,21,22,23);1H. The Morgan fingerprint density at radius 2 is 1.88 bits per heavy atom. The van der Waals surface area contributed by atoms with E-state index in [4.69, 9.17) is 16.6 Å². The van der Waals surface area contributed by atoms with E-state index in [1.54, 1.807) is 0 Å². The number of rotatable bonds is 6. The van der Waals surface area contributed by atoms with Gasteiger partial charge < -0.3 is 20.4 Å². The van der Waals surface area contributed by atoms with Crippen molar-refractivity contribution in [3.8, 4) is 0 Å². The molecular formula is C19H33ClIN5. The SMILES string of the molecule is CCNC(=NCc1c(Cl)cccc1N1CCN(C)CC1)NCC(C)C.I. The molecule has 0 radical (unpaired) electrons. The van der Waals surface area contributed by atoms with E-state index in [2.05, 4.69) is 54.3 Å². The first kappa shape index (κ1) is 23.3.